The van der Waals surface area contributed by atoms with Crippen LogP contribution in [0.2, 0.25) is 0 Å². The molecule has 0 amide bonds. The Hall–Kier alpha value is -1.50. The first-order valence-electron chi connectivity index (χ1n) is 4.89. The number of benzene rings is 1. The number of allylic oxidation sites excluding steroid dienone is 4. The molecule has 0 saturated heterocycles. The number of aromatic hydroxyl groups is 1. The highest BCUT2D eigenvalue weighted by molar-refractivity contribution is 5.42. The quantitative estimate of drug-likeness (QED) is 0.752. The van der Waals surface area contributed by atoms with Crippen LogP contribution in [0.4, 0.5) is 0 Å². The van der Waals surface area contributed by atoms with Gasteiger partial charge in [-0.2, -0.15) is 0 Å². The lowest BCUT2D eigenvalue weighted by Crippen LogP contribution is -1.92. The number of hydrogen-bond acceptors (Lipinski definition) is 1. The zero-order valence-electron chi connectivity index (χ0n) is 8.33. The lowest BCUT2D eigenvalue weighted by molar-refractivity contribution is 0.468. The van der Waals surface area contributed by atoms with Crippen LogP contribution in [0.3, 0.4) is 0 Å². The number of phenolic OH excluding ortho intramolecular Hbond substituents is 1. The highest BCUT2D eigenvalue weighted by Crippen LogP contribution is 2.25. The molecule has 0 aromatic heterocycles. The molecule has 1 aliphatic carbocycles. The molecule has 0 radical (unpaired) electrons. The monoisotopic (exact) mass is 186 g/mol. The van der Waals surface area contributed by atoms with Crippen molar-refractivity contribution >= 4 is 0 Å². The standard InChI is InChI=1S/C13H14O/c1-10-5-4-8-13(14)12(10)9-11-6-2-3-7-11/h2-6,8,14H,7,9H2,1H3. The molecule has 0 fully saturated rings. The summed E-state index contributed by atoms with van der Waals surface area (Å²) in [4.78, 5) is 0. The highest BCUT2D eigenvalue weighted by atomic mass is 16.3. The summed E-state index contributed by atoms with van der Waals surface area (Å²) in [6.07, 6.45) is 8.24. The van der Waals surface area contributed by atoms with Crippen LogP contribution in [0.1, 0.15) is 17.5 Å². The van der Waals surface area contributed by atoms with Crippen molar-refractivity contribution in [3.63, 3.8) is 0 Å². The van der Waals surface area contributed by atoms with Crippen LogP contribution in [-0.4, -0.2) is 5.11 Å². The lowest BCUT2D eigenvalue weighted by Gasteiger charge is -2.08. The van der Waals surface area contributed by atoms with Crippen molar-refractivity contribution in [2.24, 2.45) is 0 Å². The molecular weight excluding hydrogens is 172 g/mol. The van der Waals surface area contributed by atoms with Gasteiger partial charge in [0.2, 0.25) is 0 Å². The van der Waals surface area contributed by atoms with Gasteiger partial charge in [-0.1, -0.05) is 35.9 Å². The highest BCUT2D eigenvalue weighted by Gasteiger charge is 2.07. The molecule has 14 heavy (non-hydrogen) atoms. The van der Waals surface area contributed by atoms with E-state index in [9.17, 15) is 5.11 Å². The second kappa shape index (κ2) is 3.70. The average molecular weight is 186 g/mol. The van der Waals surface area contributed by atoms with Crippen LogP contribution in [0.5, 0.6) is 5.75 Å². The van der Waals surface area contributed by atoms with Crippen LogP contribution in [-0.2, 0) is 6.42 Å². The largest absolute Gasteiger partial charge is 0.508 e. The molecule has 0 aliphatic heterocycles. The fraction of sp³-hybridized carbons (Fsp3) is 0.231. The van der Waals surface area contributed by atoms with Crippen LogP contribution in [0, 0.1) is 6.92 Å². The third-order valence-electron chi connectivity index (χ3n) is 2.64. The lowest BCUT2D eigenvalue weighted by atomic mass is 9.99. The Balaban J connectivity index is 2.24. The topological polar surface area (TPSA) is 20.2 Å². The molecule has 1 aliphatic rings. The van der Waals surface area contributed by atoms with Gasteiger partial charge in [-0.3, -0.25) is 0 Å². The van der Waals surface area contributed by atoms with Gasteiger partial charge in [0.15, 0.2) is 0 Å². The molecule has 1 aromatic rings. The van der Waals surface area contributed by atoms with Gasteiger partial charge in [-0.05, 0) is 31.4 Å². The Labute approximate surface area is 84.4 Å². The summed E-state index contributed by atoms with van der Waals surface area (Å²) in [6.45, 7) is 2.04. The van der Waals surface area contributed by atoms with Crippen LogP contribution in [0.15, 0.2) is 42.0 Å². The van der Waals surface area contributed by atoms with Gasteiger partial charge in [0.05, 0.1) is 0 Å². The van der Waals surface area contributed by atoms with E-state index in [-0.39, 0.29) is 0 Å². The smallest absolute Gasteiger partial charge is 0.119 e. The van der Waals surface area contributed by atoms with Crippen molar-refractivity contribution in [3.05, 3.63) is 53.1 Å². The first kappa shape index (κ1) is 9.07. The number of hydrogen-bond donors (Lipinski definition) is 1. The predicted molar refractivity (Wildman–Crippen MR) is 58.4 cm³/mol. The average Bonchev–Trinajstić information content (AvgIpc) is 2.64. The summed E-state index contributed by atoms with van der Waals surface area (Å²) < 4.78 is 0. The normalized spacial score (nSPS) is 14.5. The Morgan fingerprint density at radius 2 is 2.21 bits per heavy atom. The van der Waals surface area contributed by atoms with Crippen molar-refractivity contribution in [2.75, 3.05) is 0 Å². The Bertz CT molecular complexity index is 379. The van der Waals surface area contributed by atoms with Crippen molar-refractivity contribution in [1.29, 1.82) is 0 Å². The van der Waals surface area contributed by atoms with Crippen LogP contribution >= 0.6 is 0 Å². The molecule has 72 valence electrons. The van der Waals surface area contributed by atoms with Gasteiger partial charge in [0.1, 0.15) is 5.75 Å². The third kappa shape index (κ3) is 1.72. The van der Waals surface area contributed by atoms with E-state index in [1.165, 1.54) is 5.57 Å². The van der Waals surface area contributed by atoms with E-state index in [4.69, 9.17) is 0 Å². The zero-order chi connectivity index (χ0) is 9.97. The molecule has 0 atom stereocenters. The van der Waals surface area contributed by atoms with E-state index in [0.29, 0.717) is 5.75 Å². The fourth-order valence-corrected chi connectivity index (χ4v) is 1.77. The van der Waals surface area contributed by atoms with Crippen molar-refractivity contribution in [3.8, 4) is 5.75 Å². The van der Waals surface area contributed by atoms with Crippen molar-refractivity contribution in [2.45, 2.75) is 19.8 Å². The first-order valence-corrected chi connectivity index (χ1v) is 4.89. The van der Waals surface area contributed by atoms with E-state index in [2.05, 4.69) is 18.2 Å². The van der Waals surface area contributed by atoms with Gasteiger partial charge in [0.25, 0.3) is 0 Å². The molecule has 1 nitrogen and oxygen atoms in total. The minimum Gasteiger partial charge on any atom is -0.508 e. The summed E-state index contributed by atoms with van der Waals surface area (Å²) in [5.74, 6) is 0.415. The predicted octanol–water partition coefficient (Wildman–Crippen LogP) is 3.13. The summed E-state index contributed by atoms with van der Waals surface area (Å²) in [6, 6.07) is 5.68. The Kier molecular flexibility index (Phi) is 2.40. The molecule has 0 heterocycles. The van der Waals surface area contributed by atoms with Gasteiger partial charge < -0.3 is 5.11 Å². The molecule has 0 spiro atoms. The van der Waals surface area contributed by atoms with E-state index < -0.39 is 0 Å². The fourth-order valence-electron chi connectivity index (χ4n) is 1.77. The van der Waals surface area contributed by atoms with Gasteiger partial charge in [0, 0.05) is 5.56 Å². The van der Waals surface area contributed by atoms with E-state index in [0.717, 1.165) is 24.0 Å². The molecule has 2 rings (SSSR count). The molecule has 1 heteroatoms. The first-order chi connectivity index (χ1) is 6.77. The SMILES string of the molecule is Cc1cccc(O)c1CC1=CC=CC1. The zero-order valence-corrected chi connectivity index (χ0v) is 8.33. The number of rotatable bonds is 2. The molecule has 0 unspecified atom stereocenters. The minimum absolute atomic E-state index is 0.415. The maximum Gasteiger partial charge on any atom is 0.119 e. The molecule has 1 aromatic carbocycles. The van der Waals surface area contributed by atoms with Gasteiger partial charge in [-0.15, -0.1) is 0 Å². The summed E-state index contributed by atoms with van der Waals surface area (Å²) in [5.41, 5.74) is 3.59. The molecule has 0 bridgehead atoms. The summed E-state index contributed by atoms with van der Waals surface area (Å²) >= 11 is 0. The molecule has 0 saturated carbocycles. The molecular formula is C13H14O. The summed E-state index contributed by atoms with van der Waals surface area (Å²) in [7, 11) is 0. The van der Waals surface area contributed by atoms with Gasteiger partial charge >= 0.3 is 0 Å². The van der Waals surface area contributed by atoms with Crippen LogP contribution < -0.4 is 0 Å². The third-order valence-corrected chi connectivity index (χ3v) is 2.64. The number of aryl methyl sites for hydroxylation is 1. The Morgan fingerprint density at radius 1 is 1.36 bits per heavy atom. The maximum atomic E-state index is 9.70. The summed E-state index contributed by atoms with van der Waals surface area (Å²) in [5, 5.41) is 9.70. The second-order valence-corrected chi connectivity index (χ2v) is 3.71. The second-order valence-electron chi connectivity index (χ2n) is 3.71. The van der Waals surface area contributed by atoms with Gasteiger partial charge in [-0.25, -0.2) is 0 Å². The van der Waals surface area contributed by atoms with Crippen LogP contribution in [0.25, 0.3) is 0 Å². The minimum atomic E-state index is 0.415. The maximum absolute atomic E-state index is 9.70. The van der Waals surface area contributed by atoms with E-state index >= 15 is 0 Å². The van der Waals surface area contributed by atoms with E-state index in [1.807, 2.05) is 19.1 Å². The Morgan fingerprint density at radius 3 is 2.86 bits per heavy atom. The molecule has 1 N–H and O–H groups in total. The van der Waals surface area contributed by atoms with E-state index in [1.54, 1.807) is 6.07 Å². The van der Waals surface area contributed by atoms with Crippen molar-refractivity contribution < 1.29 is 5.11 Å². The van der Waals surface area contributed by atoms with Crippen molar-refractivity contribution in [1.82, 2.24) is 0 Å². The number of phenols is 1.